The Morgan fingerprint density at radius 1 is 1.38 bits per heavy atom. The van der Waals surface area contributed by atoms with Gasteiger partial charge in [-0.05, 0) is 48.0 Å². The third-order valence-corrected chi connectivity index (χ3v) is 3.26. The summed E-state index contributed by atoms with van der Waals surface area (Å²) in [6.07, 6.45) is 1.79. The van der Waals surface area contributed by atoms with Crippen molar-refractivity contribution in [1.82, 2.24) is 9.55 Å². The van der Waals surface area contributed by atoms with Crippen LogP contribution in [0, 0.1) is 25.2 Å². The van der Waals surface area contributed by atoms with Crippen LogP contribution in [-0.4, -0.2) is 9.55 Å². The van der Waals surface area contributed by atoms with E-state index in [1.54, 1.807) is 12.4 Å². The summed E-state index contributed by atoms with van der Waals surface area (Å²) in [6.45, 7) is 4.00. The van der Waals surface area contributed by atoms with Crippen LogP contribution < -0.4 is 0 Å². The van der Waals surface area contributed by atoms with Gasteiger partial charge < -0.3 is 4.57 Å². The molecule has 3 nitrogen and oxygen atoms in total. The molecule has 1 aromatic carbocycles. The SMILES string of the molecule is Cc1ncn(-c2ccc(C#N)c(Br)c2)c1C. The molecule has 0 aliphatic rings. The van der Waals surface area contributed by atoms with Crippen LogP contribution in [0.4, 0.5) is 0 Å². The van der Waals surface area contributed by atoms with Gasteiger partial charge in [-0.1, -0.05) is 0 Å². The molecule has 2 aromatic rings. The average Bonchev–Trinajstić information content (AvgIpc) is 2.60. The molecule has 4 heteroatoms. The number of rotatable bonds is 1. The molecule has 16 heavy (non-hydrogen) atoms. The van der Waals surface area contributed by atoms with Crippen molar-refractivity contribution in [3.8, 4) is 11.8 Å². The number of nitrogens with zero attached hydrogens (tertiary/aromatic N) is 3. The maximum Gasteiger partial charge on any atom is 0.100 e. The number of aryl methyl sites for hydroxylation is 1. The summed E-state index contributed by atoms with van der Waals surface area (Å²) in [6, 6.07) is 7.76. The lowest BCUT2D eigenvalue weighted by Crippen LogP contribution is -1.95. The minimum absolute atomic E-state index is 0.637. The molecule has 1 aromatic heterocycles. The minimum atomic E-state index is 0.637. The van der Waals surface area contributed by atoms with E-state index in [9.17, 15) is 0 Å². The first kappa shape index (κ1) is 10.9. The third-order valence-electron chi connectivity index (χ3n) is 2.60. The van der Waals surface area contributed by atoms with E-state index in [4.69, 9.17) is 5.26 Å². The third kappa shape index (κ3) is 1.74. The lowest BCUT2D eigenvalue weighted by atomic mass is 10.2. The Labute approximate surface area is 102 Å². The van der Waals surface area contributed by atoms with Gasteiger partial charge in [0, 0.05) is 15.9 Å². The Hall–Kier alpha value is -1.60. The van der Waals surface area contributed by atoms with Gasteiger partial charge in [0.1, 0.15) is 6.07 Å². The smallest absolute Gasteiger partial charge is 0.100 e. The molecule has 0 saturated heterocycles. The summed E-state index contributed by atoms with van der Waals surface area (Å²) < 4.78 is 2.81. The van der Waals surface area contributed by atoms with Crippen molar-refractivity contribution in [3.05, 3.63) is 46.0 Å². The normalized spacial score (nSPS) is 10.1. The summed E-state index contributed by atoms with van der Waals surface area (Å²) in [5.74, 6) is 0. The quantitative estimate of drug-likeness (QED) is 0.803. The van der Waals surface area contributed by atoms with E-state index in [0.29, 0.717) is 5.56 Å². The molecule has 0 radical (unpaired) electrons. The predicted molar refractivity (Wildman–Crippen MR) is 65.5 cm³/mol. The van der Waals surface area contributed by atoms with E-state index in [1.807, 2.05) is 30.5 Å². The Bertz CT molecular complexity index is 578. The number of aromatic nitrogens is 2. The molecule has 0 saturated carbocycles. The molecule has 0 aliphatic carbocycles. The highest BCUT2D eigenvalue weighted by Gasteiger charge is 2.06. The summed E-state index contributed by atoms with van der Waals surface area (Å²) in [4.78, 5) is 4.25. The number of imidazole rings is 1. The fourth-order valence-corrected chi connectivity index (χ4v) is 1.96. The highest BCUT2D eigenvalue weighted by atomic mass is 79.9. The average molecular weight is 276 g/mol. The molecule has 0 N–H and O–H groups in total. The highest BCUT2D eigenvalue weighted by molar-refractivity contribution is 9.10. The second kappa shape index (κ2) is 4.11. The standard InChI is InChI=1S/C12H10BrN3/c1-8-9(2)16(7-15-8)11-4-3-10(6-14)12(13)5-11/h3-5,7H,1-2H3. The van der Waals surface area contributed by atoms with Crippen LogP contribution >= 0.6 is 15.9 Å². The van der Waals surface area contributed by atoms with Crippen molar-refractivity contribution in [2.45, 2.75) is 13.8 Å². The molecule has 0 amide bonds. The lowest BCUT2D eigenvalue weighted by molar-refractivity contribution is 0.999. The van der Waals surface area contributed by atoms with Crippen LogP contribution in [0.15, 0.2) is 29.0 Å². The van der Waals surface area contributed by atoms with Gasteiger partial charge in [0.05, 0.1) is 17.6 Å². The van der Waals surface area contributed by atoms with Gasteiger partial charge in [0.25, 0.3) is 0 Å². The van der Waals surface area contributed by atoms with E-state index in [2.05, 4.69) is 27.0 Å². The fraction of sp³-hybridized carbons (Fsp3) is 0.167. The van der Waals surface area contributed by atoms with Crippen molar-refractivity contribution in [2.75, 3.05) is 0 Å². The first-order valence-electron chi connectivity index (χ1n) is 4.84. The summed E-state index contributed by atoms with van der Waals surface area (Å²) >= 11 is 3.38. The summed E-state index contributed by atoms with van der Waals surface area (Å²) in [7, 11) is 0. The van der Waals surface area contributed by atoms with Gasteiger partial charge in [-0.15, -0.1) is 0 Å². The molecule has 0 bridgehead atoms. The van der Waals surface area contributed by atoms with Crippen LogP contribution in [-0.2, 0) is 0 Å². The highest BCUT2D eigenvalue weighted by Crippen LogP contribution is 2.21. The molecule has 2 rings (SSSR count). The molecule has 0 spiro atoms. The maximum atomic E-state index is 8.84. The van der Waals surface area contributed by atoms with Gasteiger partial charge >= 0.3 is 0 Å². The monoisotopic (exact) mass is 275 g/mol. The van der Waals surface area contributed by atoms with Gasteiger partial charge in [-0.3, -0.25) is 0 Å². The molecule has 1 heterocycles. The predicted octanol–water partition coefficient (Wildman–Crippen LogP) is 3.12. The molecule has 0 unspecified atom stereocenters. The van der Waals surface area contributed by atoms with Crippen LogP contribution in [0.1, 0.15) is 17.0 Å². The van der Waals surface area contributed by atoms with Gasteiger partial charge in [-0.2, -0.15) is 5.26 Å². The fourth-order valence-electron chi connectivity index (χ4n) is 1.50. The van der Waals surface area contributed by atoms with Gasteiger partial charge in [0.2, 0.25) is 0 Å². The van der Waals surface area contributed by atoms with Crippen LogP contribution in [0.2, 0.25) is 0 Å². The van der Waals surface area contributed by atoms with Crippen molar-refractivity contribution in [1.29, 1.82) is 5.26 Å². The number of benzene rings is 1. The number of nitriles is 1. The summed E-state index contributed by atoms with van der Waals surface area (Å²) in [5, 5.41) is 8.84. The van der Waals surface area contributed by atoms with Crippen molar-refractivity contribution in [3.63, 3.8) is 0 Å². The van der Waals surface area contributed by atoms with E-state index < -0.39 is 0 Å². The zero-order chi connectivity index (χ0) is 11.7. The topological polar surface area (TPSA) is 41.6 Å². The second-order valence-electron chi connectivity index (χ2n) is 3.56. The number of hydrogen-bond acceptors (Lipinski definition) is 2. The van der Waals surface area contributed by atoms with E-state index >= 15 is 0 Å². The van der Waals surface area contributed by atoms with Gasteiger partial charge in [-0.25, -0.2) is 4.98 Å². The van der Waals surface area contributed by atoms with Crippen molar-refractivity contribution in [2.24, 2.45) is 0 Å². The first-order valence-corrected chi connectivity index (χ1v) is 5.63. The van der Waals surface area contributed by atoms with Crippen LogP contribution in [0.25, 0.3) is 5.69 Å². The maximum absolute atomic E-state index is 8.84. The molecular formula is C12H10BrN3. The molecule has 0 aliphatic heterocycles. The van der Waals surface area contributed by atoms with Crippen LogP contribution in [0.5, 0.6) is 0 Å². The van der Waals surface area contributed by atoms with Crippen molar-refractivity contribution >= 4 is 15.9 Å². The van der Waals surface area contributed by atoms with E-state index in [0.717, 1.165) is 21.5 Å². The van der Waals surface area contributed by atoms with Crippen LogP contribution in [0.3, 0.4) is 0 Å². The number of hydrogen-bond donors (Lipinski definition) is 0. The Morgan fingerprint density at radius 2 is 2.12 bits per heavy atom. The number of halogens is 1. The zero-order valence-corrected chi connectivity index (χ0v) is 10.6. The largest absolute Gasteiger partial charge is 0.303 e. The van der Waals surface area contributed by atoms with Crippen molar-refractivity contribution < 1.29 is 0 Å². The second-order valence-corrected chi connectivity index (χ2v) is 4.42. The lowest BCUT2D eigenvalue weighted by Gasteiger charge is -2.06. The molecule has 0 fully saturated rings. The summed E-state index contributed by atoms with van der Waals surface area (Å²) in [5.41, 5.74) is 3.76. The molecule has 0 atom stereocenters. The zero-order valence-electron chi connectivity index (χ0n) is 9.03. The Balaban J connectivity index is 2.54. The first-order chi connectivity index (χ1) is 7.63. The molecule has 80 valence electrons. The molecular weight excluding hydrogens is 266 g/mol. The van der Waals surface area contributed by atoms with Gasteiger partial charge in [0.15, 0.2) is 0 Å². The van der Waals surface area contributed by atoms with E-state index in [1.165, 1.54) is 0 Å². The Morgan fingerprint density at radius 3 is 2.62 bits per heavy atom. The minimum Gasteiger partial charge on any atom is -0.303 e. The Kier molecular flexibility index (Phi) is 2.80. The van der Waals surface area contributed by atoms with E-state index in [-0.39, 0.29) is 0 Å².